The lowest BCUT2D eigenvalue weighted by atomic mass is 9.72. The summed E-state index contributed by atoms with van der Waals surface area (Å²) in [6.45, 7) is 6.24. The minimum absolute atomic E-state index is 0.00871. The van der Waals surface area contributed by atoms with Crippen molar-refractivity contribution in [3.63, 3.8) is 0 Å². The van der Waals surface area contributed by atoms with Gasteiger partial charge in [-0.1, -0.05) is 33.1 Å². The summed E-state index contributed by atoms with van der Waals surface area (Å²) in [5.74, 6) is -2.35. The summed E-state index contributed by atoms with van der Waals surface area (Å²) < 4.78 is 21.3. The third kappa shape index (κ3) is 7.15. The molecule has 9 nitrogen and oxygen atoms in total. The number of alkyl carbamates (subject to hydrolysis) is 1. The van der Waals surface area contributed by atoms with E-state index in [1.807, 2.05) is 0 Å². The summed E-state index contributed by atoms with van der Waals surface area (Å²) in [7, 11) is 0. The topological polar surface area (TPSA) is 120 Å². The van der Waals surface area contributed by atoms with Gasteiger partial charge in [0, 0.05) is 12.5 Å². The number of hydrogen-bond donors (Lipinski definition) is 2. The van der Waals surface area contributed by atoms with Crippen molar-refractivity contribution < 1.29 is 38.4 Å². The van der Waals surface area contributed by atoms with Crippen LogP contribution in [0.4, 0.5) is 4.79 Å². The van der Waals surface area contributed by atoms with Crippen LogP contribution in [0.5, 0.6) is 0 Å². The van der Waals surface area contributed by atoms with Crippen molar-refractivity contribution in [1.29, 1.82) is 0 Å². The average molecular weight is 415 g/mol. The molecule has 1 amide bonds. The molecule has 2 unspecified atom stereocenters. The summed E-state index contributed by atoms with van der Waals surface area (Å²) in [4.78, 5) is 35.9. The summed E-state index contributed by atoms with van der Waals surface area (Å²) in [6.07, 6.45) is 2.02. The van der Waals surface area contributed by atoms with Crippen LogP contribution in [0.3, 0.4) is 0 Å². The van der Waals surface area contributed by atoms with E-state index in [9.17, 15) is 19.5 Å². The monoisotopic (exact) mass is 415 g/mol. The van der Waals surface area contributed by atoms with Crippen molar-refractivity contribution in [2.75, 3.05) is 19.8 Å². The Bertz CT molecular complexity index is 567. The zero-order chi connectivity index (χ0) is 21.4. The van der Waals surface area contributed by atoms with Crippen LogP contribution in [0.1, 0.15) is 59.3 Å². The maximum atomic E-state index is 12.3. The second-order valence-electron chi connectivity index (χ2n) is 8.34. The quantitative estimate of drug-likeness (QED) is 0.436. The largest absolute Gasteiger partial charge is 0.481 e. The van der Waals surface area contributed by atoms with Crippen LogP contribution in [-0.2, 0) is 28.5 Å². The van der Waals surface area contributed by atoms with Crippen molar-refractivity contribution in [2.45, 2.75) is 71.9 Å². The van der Waals surface area contributed by atoms with Gasteiger partial charge in [-0.3, -0.25) is 9.59 Å². The first kappa shape index (κ1) is 23.4. The van der Waals surface area contributed by atoms with Crippen LogP contribution < -0.4 is 5.32 Å². The maximum absolute atomic E-state index is 12.3. The van der Waals surface area contributed by atoms with Gasteiger partial charge in [-0.2, -0.15) is 0 Å². The normalized spacial score (nSPS) is 21.4. The number of carbonyl (C=O) groups is 3. The molecule has 1 aliphatic carbocycles. The van der Waals surface area contributed by atoms with Crippen LogP contribution in [-0.4, -0.2) is 55.5 Å². The van der Waals surface area contributed by atoms with Crippen LogP contribution in [0.15, 0.2) is 0 Å². The van der Waals surface area contributed by atoms with Gasteiger partial charge in [0.15, 0.2) is 6.29 Å². The van der Waals surface area contributed by atoms with E-state index < -0.39 is 41.9 Å². The van der Waals surface area contributed by atoms with Gasteiger partial charge in [-0.15, -0.1) is 0 Å². The molecule has 2 atom stereocenters. The Labute approximate surface area is 171 Å². The lowest BCUT2D eigenvalue weighted by molar-refractivity contribution is -0.190. The van der Waals surface area contributed by atoms with E-state index in [-0.39, 0.29) is 18.9 Å². The van der Waals surface area contributed by atoms with Gasteiger partial charge >= 0.3 is 18.0 Å². The lowest BCUT2D eigenvalue weighted by Gasteiger charge is -2.36. The van der Waals surface area contributed by atoms with E-state index in [1.54, 1.807) is 20.8 Å². The molecule has 0 radical (unpaired) electrons. The maximum Gasteiger partial charge on any atom is 0.410 e. The fraction of sp³-hybridized carbons (Fsp3) is 0.850. The third-order valence-electron chi connectivity index (χ3n) is 5.48. The standard InChI is InChI=1S/C20H33NO8/c1-13(2)17(28-16(24)14(3)18-26-9-10-27-18)29-19(25)21-12-20(11-15(22)23)7-5-4-6-8-20/h13-14,17-18H,4-12H2,1-3H3,(H,21,25)(H,22,23). The van der Waals surface area contributed by atoms with Crippen molar-refractivity contribution in [1.82, 2.24) is 5.32 Å². The summed E-state index contributed by atoms with van der Waals surface area (Å²) in [5, 5.41) is 11.9. The van der Waals surface area contributed by atoms with E-state index >= 15 is 0 Å². The van der Waals surface area contributed by atoms with E-state index in [0.29, 0.717) is 13.2 Å². The number of aliphatic carboxylic acids is 1. The van der Waals surface area contributed by atoms with Crippen LogP contribution in [0, 0.1) is 17.3 Å². The van der Waals surface area contributed by atoms with Gasteiger partial charge in [0.25, 0.3) is 6.29 Å². The predicted molar refractivity (Wildman–Crippen MR) is 102 cm³/mol. The molecule has 1 saturated heterocycles. The number of amides is 1. The zero-order valence-electron chi connectivity index (χ0n) is 17.5. The van der Waals surface area contributed by atoms with Crippen molar-refractivity contribution in [3.8, 4) is 0 Å². The Morgan fingerprint density at radius 3 is 2.24 bits per heavy atom. The van der Waals surface area contributed by atoms with Gasteiger partial charge in [0.05, 0.1) is 19.6 Å². The van der Waals surface area contributed by atoms with Crippen molar-refractivity contribution >= 4 is 18.0 Å². The van der Waals surface area contributed by atoms with Crippen LogP contribution in [0.2, 0.25) is 0 Å². The van der Waals surface area contributed by atoms with Crippen molar-refractivity contribution in [3.05, 3.63) is 0 Å². The van der Waals surface area contributed by atoms with Gasteiger partial charge in [0.2, 0.25) is 0 Å². The van der Waals surface area contributed by atoms with Gasteiger partial charge in [0.1, 0.15) is 5.92 Å². The summed E-state index contributed by atoms with van der Waals surface area (Å²) >= 11 is 0. The molecular weight excluding hydrogens is 382 g/mol. The van der Waals surface area contributed by atoms with Crippen LogP contribution >= 0.6 is 0 Å². The van der Waals surface area contributed by atoms with E-state index in [2.05, 4.69) is 5.32 Å². The first-order chi connectivity index (χ1) is 13.7. The highest BCUT2D eigenvalue weighted by molar-refractivity contribution is 5.73. The Morgan fingerprint density at radius 2 is 1.69 bits per heavy atom. The number of hydrogen-bond acceptors (Lipinski definition) is 7. The molecule has 29 heavy (non-hydrogen) atoms. The van der Waals surface area contributed by atoms with Gasteiger partial charge in [-0.25, -0.2) is 4.79 Å². The molecule has 0 spiro atoms. The highest BCUT2D eigenvalue weighted by Gasteiger charge is 2.36. The summed E-state index contributed by atoms with van der Waals surface area (Å²) in [6, 6.07) is 0. The minimum atomic E-state index is -1.06. The fourth-order valence-corrected chi connectivity index (χ4v) is 3.74. The Morgan fingerprint density at radius 1 is 1.07 bits per heavy atom. The number of carboxylic acid groups (broad SMARTS) is 1. The predicted octanol–water partition coefficient (Wildman–Crippen LogP) is 2.67. The molecule has 0 aromatic rings. The smallest absolute Gasteiger partial charge is 0.410 e. The molecule has 0 aromatic heterocycles. The number of ether oxygens (including phenoxy) is 4. The highest BCUT2D eigenvalue weighted by atomic mass is 16.7. The molecule has 2 N–H and O–H groups in total. The Balaban J connectivity index is 1.87. The third-order valence-corrected chi connectivity index (χ3v) is 5.48. The molecular formula is C20H33NO8. The molecule has 2 aliphatic rings. The molecule has 1 saturated carbocycles. The number of esters is 1. The number of nitrogens with one attached hydrogen (secondary N) is 1. The molecule has 2 fully saturated rings. The molecule has 0 bridgehead atoms. The lowest BCUT2D eigenvalue weighted by Crippen LogP contribution is -2.43. The molecule has 2 rings (SSSR count). The second kappa shape index (κ2) is 10.8. The Kier molecular flexibility index (Phi) is 8.70. The Hall–Kier alpha value is -1.87. The molecule has 166 valence electrons. The average Bonchev–Trinajstić information content (AvgIpc) is 3.20. The zero-order valence-corrected chi connectivity index (χ0v) is 17.5. The van der Waals surface area contributed by atoms with Gasteiger partial charge in [-0.05, 0) is 25.2 Å². The van der Waals surface area contributed by atoms with E-state index in [4.69, 9.17) is 18.9 Å². The van der Waals surface area contributed by atoms with Crippen LogP contribution in [0.25, 0.3) is 0 Å². The van der Waals surface area contributed by atoms with Crippen molar-refractivity contribution in [2.24, 2.45) is 17.3 Å². The first-order valence-electron chi connectivity index (χ1n) is 10.3. The molecule has 0 aromatic carbocycles. The number of carboxylic acids is 1. The van der Waals surface area contributed by atoms with Gasteiger partial charge < -0.3 is 29.4 Å². The SMILES string of the molecule is CC(C)C(OC(=O)NCC1(CC(=O)O)CCCCC1)OC(=O)C(C)C1OCCO1. The summed E-state index contributed by atoms with van der Waals surface area (Å²) in [5.41, 5.74) is -0.460. The fourth-order valence-electron chi connectivity index (χ4n) is 3.74. The van der Waals surface area contributed by atoms with E-state index in [1.165, 1.54) is 0 Å². The molecule has 9 heteroatoms. The highest BCUT2D eigenvalue weighted by Crippen LogP contribution is 2.38. The van der Waals surface area contributed by atoms with E-state index in [0.717, 1.165) is 32.1 Å². The number of rotatable bonds is 9. The first-order valence-corrected chi connectivity index (χ1v) is 10.3. The molecule has 1 heterocycles. The number of carbonyl (C=O) groups excluding carboxylic acids is 2. The molecule has 1 aliphatic heterocycles. The second-order valence-corrected chi connectivity index (χ2v) is 8.34. The minimum Gasteiger partial charge on any atom is -0.481 e.